The Labute approximate surface area is 106 Å². The van der Waals surface area contributed by atoms with Gasteiger partial charge in [-0.2, -0.15) is 0 Å². The number of benzene rings is 1. The van der Waals surface area contributed by atoms with Gasteiger partial charge in [0, 0.05) is 15.2 Å². The lowest BCUT2D eigenvalue weighted by atomic mass is 10.2. The molecule has 1 aromatic heterocycles. The molecular weight excluding hydrogens is 332 g/mol. The van der Waals surface area contributed by atoms with Gasteiger partial charge in [-0.25, -0.2) is 0 Å². The van der Waals surface area contributed by atoms with Crippen molar-refractivity contribution in [2.75, 3.05) is 0 Å². The molecule has 0 spiro atoms. The summed E-state index contributed by atoms with van der Waals surface area (Å²) < 4.78 is 1.06. The normalized spacial score (nSPS) is 10.9. The summed E-state index contributed by atoms with van der Waals surface area (Å²) in [5.41, 5.74) is 1.74. The van der Waals surface area contributed by atoms with E-state index in [0.717, 1.165) is 25.1 Å². The lowest BCUT2D eigenvalue weighted by Crippen LogP contribution is -1.86. The molecule has 4 heteroatoms. The van der Waals surface area contributed by atoms with Gasteiger partial charge in [0.05, 0.1) is 15.6 Å². The number of aromatic nitrogens is 1. The molecule has 0 atom stereocenters. The number of halogens is 3. The van der Waals surface area contributed by atoms with Crippen LogP contribution in [0.1, 0.15) is 5.56 Å². The molecule has 0 fully saturated rings. The van der Waals surface area contributed by atoms with Crippen molar-refractivity contribution in [1.29, 1.82) is 0 Å². The van der Waals surface area contributed by atoms with E-state index in [0.29, 0.717) is 5.02 Å². The van der Waals surface area contributed by atoms with Crippen molar-refractivity contribution >= 4 is 56.7 Å². The van der Waals surface area contributed by atoms with Gasteiger partial charge in [0.2, 0.25) is 0 Å². The molecule has 0 saturated heterocycles. The molecule has 1 nitrogen and oxygen atoms in total. The Morgan fingerprint density at radius 1 is 1.29 bits per heavy atom. The molecule has 0 amide bonds. The van der Waals surface area contributed by atoms with Crippen LogP contribution in [0.2, 0.25) is 10.0 Å². The molecule has 14 heavy (non-hydrogen) atoms. The molecule has 0 saturated carbocycles. The summed E-state index contributed by atoms with van der Waals surface area (Å²) in [4.78, 5) is 4.26. The van der Waals surface area contributed by atoms with Crippen LogP contribution in [-0.4, -0.2) is 4.98 Å². The predicted molar refractivity (Wildman–Crippen MR) is 69.2 cm³/mol. The van der Waals surface area contributed by atoms with Gasteiger partial charge in [-0.15, -0.1) is 0 Å². The predicted octanol–water partition coefficient (Wildman–Crippen LogP) is 4.45. The van der Waals surface area contributed by atoms with E-state index < -0.39 is 0 Å². The first-order valence-electron chi connectivity index (χ1n) is 3.99. The Morgan fingerprint density at radius 3 is 2.71 bits per heavy atom. The first-order valence-corrected chi connectivity index (χ1v) is 5.83. The van der Waals surface area contributed by atoms with Gasteiger partial charge in [0.25, 0.3) is 0 Å². The molecule has 1 heterocycles. The van der Waals surface area contributed by atoms with Gasteiger partial charge < -0.3 is 0 Å². The van der Waals surface area contributed by atoms with Crippen molar-refractivity contribution in [3.05, 3.63) is 37.5 Å². The maximum atomic E-state index is 6.17. The fraction of sp³-hybridized carbons (Fsp3) is 0.100. The lowest BCUT2D eigenvalue weighted by Gasteiger charge is -2.05. The highest BCUT2D eigenvalue weighted by Gasteiger charge is 2.07. The van der Waals surface area contributed by atoms with E-state index >= 15 is 0 Å². The zero-order valence-corrected chi connectivity index (χ0v) is 11.0. The van der Waals surface area contributed by atoms with Crippen LogP contribution in [-0.2, 0) is 0 Å². The summed E-state index contributed by atoms with van der Waals surface area (Å²) >= 11 is 14.4. The SMILES string of the molecule is Cc1cnc2c(Cl)cc(I)cc2c1Cl. The minimum atomic E-state index is 0.647. The van der Waals surface area contributed by atoms with Crippen LogP contribution in [0.25, 0.3) is 10.9 Å². The fourth-order valence-electron chi connectivity index (χ4n) is 1.29. The second kappa shape index (κ2) is 3.83. The average molecular weight is 338 g/mol. The van der Waals surface area contributed by atoms with Gasteiger partial charge >= 0.3 is 0 Å². The summed E-state index contributed by atoms with van der Waals surface area (Å²) in [6.45, 7) is 1.93. The minimum absolute atomic E-state index is 0.647. The lowest BCUT2D eigenvalue weighted by molar-refractivity contribution is 1.33. The second-order valence-corrected chi connectivity index (χ2v) is 5.07. The topological polar surface area (TPSA) is 12.9 Å². The van der Waals surface area contributed by atoms with E-state index in [4.69, 9.17) is 23.2 Å². The summed E-state index contributed by atoms with van der Waals surface area (Å²) in [5, 5.41) is 2.30. The standard InChI is InChI=1S/C10H6Cl2IN/c1-5-4-14-10-7(9(5)12)2-6(13)3-8(10)11/h2-4H,1H3. The number of aryl methyl sites for hydroxylation is 1. The zero-order valence-electron chi connectivity index (χ0n) is 7.31. The van der Waals surface area contributed by atoms with Crippen LogP contribution >= 0.6 is 45.8 Å². The third-order valence-electron chi connectivity index (χ3n) is 2.00. The van der Waals surface area contributed by atoms with E-state index in [2.05, 4.69) is 27.6 Å². The van der Waals surface area contributed by atoms with Gasteiger partial charge in [0.1, 0.15) is 0 Å². The number of fused-ring (bicyclic) bond motifs is 1. The third kappa shape index (κ3) is 1.71. The molecule has 72 valence electrons. The molecule has 2 rings (SSSR count). The van der Waals surface area contributed by atoms with E-state index in [1.807, 2.05) is 19.1 Å². The Kier molecular flexibility index (Phi) is 2.86. The molecular formula is C10H6Cl2IN. The van der Waals surface area contributed by atoms with Crippen molar-refractivity contribution in [3.8, 4) is 0 Å². The molecule has 0 unspecified atom stereocenters. The Balaban J connectivity index is 2.95. The maximum Gasteiger partial charge on any atom is 0.0904 e. The summed E-state index contributed by atoms with van der Waals surface area (Å²) in [6.07, 6.45) is 1.74. The van der Waals surface area contributed by atoms with Gasteiger partial charge in [-0.1, -0.05) is 23.2 Å². The second-order valence-electron chi connectivity index (χ2n) is 3.04. The highest BCUT2D eigenvalue weighted by Crippen LogP contribution is 2.31. The zero-order chi connectivity index (χ0) is 10.3. The van der Waals surface area contributed by atoms with Crippen molar-refractivity contribution in [3.63, 3.8) is 0 Å². The molecule has 0 aliphatic carbocycles. The average Bonchev–Trinajstić information content (AvgIpc) is 2.12. The number of nitrogens with zero attached hydrogens (tertiary/aromatic N) is 1. The van der Waals surface area contributed by atoms with Crippen LogP contribution in [0.3, 0.4) is 0 Å². The summed E-state index contributed by atoms with van der Waals surface area (Å²) in [7, 11) is 0. The Hall–Kier alpha value is -0.0600. The molecule has 0 aliphatic heterocycles. The molecule has 2 aromatic rings. The quantitative estimate of drug-likeness (QED) is 0.647. The summed E-state index contributed by atoms with van der Waals surface area (Å²) in [5.74, 6) is 0. The van der Waals surface area contributed by atoms with Crippen molar-refractivity contribution in [2.24, 2.45) is 0 Å². The van der Waals surface area contributed by atoms with Crippen LogP contribution in [0.15, 0.2) is 18.3 Å². The molecule has 0 N–H and O–H groups in total. The first-order chi connectivity index (χ1) is 6.59. The minimum Gasteiger partial charge on any atom is -0.254 e. The number of hydrogen-bond donors (Lipinski definition) is 0. The highest BCUT2D eigenvalue weighted by molar-refractivity contribution is 14.1. The van der Waals surface area contributed by atoms with E-state index in [-0.39, 0.29) is 0 Å². The molecule has 0 bridgehead atoms. The molecule has 0 radical (unpaired) electrons. The van der Waals surface area contributed by atoms with Gasteiger partial charge in [-0.05, 0) is 47.2 Å². The Morgan fingerprint density at radius 2 is 2.00 bits per heavy atom. The highest BCUT2D eigenvalue weighted by atomic mass is 127. The first kappa shape index (κ1) is 10.5. The fourth-order valence-corrected chi connectivity index (χ4v) is 2.56. The molecule has 0 aliphatic rings. The van der Waals surface area contributed by atoms with Gasteiger partial charge in [0.15, 0.2) is 0 Å². The molecule has 1 aromatic carbocycles. The van der Waals surface area contributed by atoms with E-state index in [1.54, 1.807) is 6.20 Å². The number of pyridine rings is 1. The van der Waals surface area contributed by atoms with Crippen LogP contribution < -0.4 is 0 Å². The number of hydrogen-bond acceptors (Lipinski definition) is 1. The largest absolute Gasteiger partial charge is 0.254 e. The third-order valence-corrected chi connectivity index (χ3v) is 3.41. The van der Waals surface area contributed by atoms with Crippen LogP contribution in [0.5, 0.6) is 0 Å². The van der Waals surface area contributed by atoms with Crippen LogP contribution in [0, 0.1) is 10.5 Å². The summed E-state index contributed by atoms with van der Waals surface area (Å²) in [6, 6.07) is 3.87. The monoisotopic (exact) mass is 337 g/mol. The van der Waals surface area contributed by atoms with Crippen molar-refractivity contribution < 1.29 is 0 Å². The van der Waals surface area contributed by atoms with Gasteiger partial charge in [-0.3, -0.25) is 4.98 Å². The van der Waals surface area contributed by atoms with E-state index in [1.165, 1.54) is 0 Å². The van der Waals surface area contributed by atoms with Crippen molar-refractivity contribution in [2.45, 2.75) is 6.92 Å². The number of rotatable bonds is 0. The maximum absolute atomic E-state index is 6.17. The van der Waals surface area contributed by atoms with Crippen molar-refractivity contribution in [1.82, 2.24) is 4.98 Å². The van der Waals surface area contributed by atoms with Crippen LogP contribution in [0.4, 0.5) is 0 Å². The smallest absolute Gasteiger partial charge is 0.0904 e. The Bertz CT molecular complexity index is 511. The van der Waals surface area contributed by atoms with E-state index in [9.17, 15) is 0 Å².